The van der Waals surface area contributed by atoms with Crippen molar-refractivity contribution in [2.75, 3.05) is 17.7 Å². The fourth-order valence-corrected chi connectivity index (χ4v) is 3.03. The van der Waals surface area contributed by atoms with Crippen LogP contribution < -0.4 is 10.1 Å². The number of hydrogen-bond donors (Lipinski definition) is 1. The van der Waals surface area contributed by atoms with Gasteiger partial charge < -0.3 is 10.1 Å². The molecule has 4 nitrogen and oxygen atoms in total. The quantitative estimate of drug-likeness (QED) is 0.339. The van der Waals surface area contributed by atoms with Crippen LogP contribution in [0.1, 0.15) is 36.2 Å². The second kappa shape index (κ2) is 9.78. The monoisotopic (exact) mass is 429 g/mol. The number of halogens is 4. The molecule has 2 aromatic carbocycles. The van der Waals surface area contributed by atoms with Crippen LogP contribution >= 0.6 is 11.8 Å². The molecule has 2 aromatic rings. The van der Waals surface area contributed by atoms with Crippen molar-refractivity contribution in [1.82, 2.24) is 0 Å². The van der Waals surface area contributed by atoms with Crippen molar-refractivity contribution in [3.63, 3.8) is 0 Å². The number of rotatable bonds is 8. The summed E-state index contributed by atoms with van der Waals surface area (Å²) < 4.78 is 58.3. The molecule has 1 N–H and O–H groups in total. The van der Waals surface area contributed by atoms with Crippen LogP contribution in [0, 0.1) is 5.82 Å². The molecule has 29 heavy (non-hydrogen) atoms. The summed E-state index contributed by atoms with van der Waals surface area (Å²) in [5, 5.41) is 2.39. The number of anilines is 1. The smallest absolute Gasteiger partial charge is 0.416 e. The third-order valence-corrected chi connectivity index (χ3v) is 4.79. The number of amides is 1. The highest BCUT2D eigenvalue weighted by Gasteiger charge is 2.31. The van der Waals surface area contributed by atoms with E-state index in [1.165, 1.54) is 19.1 Å². The van der Waals surface area contributed by atoms with E-state index in [-0.39, 0.29) is 40.0 Å². The number of carbonyl (C=O) groups excluding carboxylic acids is 2. The standard InChI is InChI=1S/C20H19F4NO3S/c1-3-8-28-17-6-5-14(20(22,23)24)10-16(17)25-19(27)11-29-18-7-4-13(12(2)26)9-15(18)21/h4-7,9-10H,3,8,11H2,1-2H3,(H,25,27). The van der Waals surface area contributed by atoms with E-state index < -0.39 is 23.5 Å². The third kappa shape index (κ3) is 6.49. The van der Waals surface area contributed by atoms with Crippen molar-refractivity contribution in [3.05, 3.63) is 53.3 Å². The Morgan fingerprint density at radius 3 is 2.45 bits per heavy atom. The SMILES string of the molecule is CCCOc1ccc(C(F)(F)F)cc1NC(=O)CSc1ccc(C(C)=O)cc1F. The number of alkyl halides is 3. The number of ether oxygens (including phenoxy) is 1. The summed E-state index contributed by atoms with van der Waals surface area (Å²) in [5.74, 6) is -1.68. The molecule has 0 radical (unpaired) electrons. The van der Waals surface area contributed by atoms with Gasteiger partial charge in [-0.2, -0.15) is 13.2 Å². The van der Waals surface area contributed by atoms with Gasteiger partial charge in [-0.3, -0.25) is 9.59 Å². The van der Waals surface area contributed by atoms with E-state index >= 15 is 0 Å². The molecule has 156 valence electrons. The van der Waals surface area contributed by atoms with E-state index in [0.717, 1.165) is 36.0 Å². The molecular formula is C20H19F4NO3S. The molecule has 0 aliphatic heterocycles. The Kier molecular flexibility index (Phi) is 7.66. The zero-order chi connectivity index (χ0) is 21.6. The van der Waals surface area contributed by atoms with Gasteiger partial charge in [-0.05, 0) is 43.7 Å². The lowest BCUT2D eigenvalue weighted by atomic mass is 10.1. The molecule has 2 rings (SSSR count). The Morgan fingerprint density at radius 1 is 1.14 bits per heavy atom. The van der Waals surface area contributed by atoms with Gasteiger partial charge in [0.25, 0.3) is 0 Å². The third-order valence-electron chi connectivity index (χ3n) is 3.74. The molecule has 0 aromatic heterocycles. The van der Waals surface area contributed by atoms with Crippen LogP contribution in [0.3, 0.4) is 0 Å². The summed E-state index contributed by atoms with van der Waals surface area (Å²) >= 11 is 0.867. The Morgan fingerprint density at radius 2 is 1.86 bits per heavy atom. The number of Topliss-reactive ketones (excluding diaryl/α,β-unsaturated/α-hetero) is 1. The van der Waals surface area contributed by atoms with E-state index in [2.05, 4.69) is 5.32 Å². The molecule has 0 aliphatic rings. The van der Waals surface area contributed by atoms with Crippen LogP contribution in [-0.4, -0.2) is 24.1 Å². The number of carbonyl (C=O) groups is 2. The minimum Gasteiger partial charge on any atom is -0.491 e. The van der Waals surface area contributed by atoms with Crippen LogP contribution in [0.5, 0.6) is 5.75 Å². The van der Waals surface area contributed by atoms with Crippen LogP contribution in [0.25, 0.3) is 0 Å². The first-order chi connectivity index (χ1) is 13.6. The molecule has 1 amide bonds. The number of hydrogen-bond acceptors (Lipinski definition) is 4. The second-order valence-electron chi connectivity index (χ2n) is 6.10. The van der Waals surface area contributed by atoms with Crippen molar-refractivity contribution in [3.8, 4) is 5.75 Å². The van der Waals surface area contributed by atoms with Crippen LogP contribution in [0.4, 0.5) is 23.2 Å². The minimum atomic E-state index is -4.57. The first-order valence-electron chi connectivity index (χ1n) is 8.69. The van der Waals surface area contributed by atoms with Crippen LogP contribution in [0.2, 0.25) is 0 Å². The molecule has 0 aliphatic carbocycles. The summed E-state index contributed by atoms with van der Waals surface area (Å²) in [5.41, 5.74) is -0.820. The number of benzene rings is 2. The fraction of sp³-hybridized carbons (Fsp3) is 0.300. The molecule has 0 fully saturated rings. The highest BCUT2D eigenvalue weighted by atomic mass is 32.2. The average molecular weight is 429 g/mol. The predicted octanol–water partition coefficient (Wildman–Crippen LogP) is 5.57. The average Bonchev–Trinajstić information content (AvgIpc) is 2.65. The lowest BCUT2D eigenvalue weighted by Crippen LogP contribution is -2.16. The normalized spacial score (nSPS) is 11.2. The largest absolute Gasteiger partial charge is 0.491 e. The van der Waals surface area contributed by atoms with Crippen molar-refractivity contribution in [1.29, 1.82) is 0 Å². The van der Waals surface area contributed by atoms with Gasteiger partial charge in [-0.1, -0.05) is 13.0 Å². The lowest BCUT2D eigenvalue weighted by Gasteiger charge is -2.15. The number of ketones is 1. The Balaban J connectivity index is 2.11. The van der Waals surface area contributed by atoms with E-state index in [1.807, 2.05) is 6.92 Å². The summed E-state index contributed by atoms with van der Waals surface area (Å²) in [6.45, 7) is 3.42. The molecule has 0 unspecified atom stereocenters. The van der Waals surface area contributed by atoms with Gasteiger partial charge in [0.15, 0.2) is 5.78 Å². The van der Waals surface area contributed by atoms with Gasteiger partial charge in [-0.25, -0.2) is 4.39 Å². The van der Waals surface area contributed by atoms with Crippen molar-refractivity contribution < 1.29 is 31.9 Å². The maximum Gasteiger partial charge on any atom is 0.416 e. The van der Waals surface area contributed by atoms with Gasteiger partial charge in [-0.15, -0.1) is 11.8 Å². The Bertz CT molecular complexity index is 900. The second-order valence-corrected chi connectivity index (χ2v) is 7.11. The predicted molar refractivity (Wildman–Crippen MR) is 103 cm³/mol. The van der Waals surface area contributed by atoms with Crippen molar-refractivity contribution in [2.24, 2.45) is 0 Å². The molecule has 0 atom stereocenters. The van der Waals surface area contributed by atoms with Crippen LogP contribution in [-0.2, 0) is 11.0 Å². The molecule has 0 bridgehead atoms. The Hall–Kier alpha value is -2.55. The molecular weight excluding hydrogens is 410 g/mol. The maximum absolute atomic E-state index is 14.0. The molecule has 0 heterocycles. The first kappa shape index (κ1) is 22.7. The number of thioether (sulfide) groups is 1. The fourth-order valence-electron chi connectivity index (χ4n) is 2.31. The first-order valence-corrected chi connectivity index (χ1v) is 9.67. The van der Waals surface area contributed by atoms with Crippen molar-refractivity contribution >= 4 is 29.1 Å². The van der Waals surface area contributed by atoms with Gasteiger partial charge >= 0.3 is 6.18 Å². The molecule has 0 saturated heterocycles. The zero-order valence-electron chi connectivity index (χ0n) is 15.7. The van der Waals surface area contributed by atoms with Gasteiger partial charge in [0.1, 0.15) is 11.6 Å². The summed E-state index contributed by atoms with van der Waals surface area (Å²) in [6, 6.07) is 6.73. The van der Waals surface area contributed by atoms with Crippen LogP contribution in [0.15, 0.2) is 41.3 Å². The van der Waals surface area contributed by atoms with E-state index in [9.17, 15) is 27.2 Å². The molecule has 0 saturated carbocycles. The molecule has 9 heteroatoms. The molecule has 0 spiro atoms. The van der Waals surface area contributed by atoms with Gasteiger partial charge in [0, 0.05) is 10.5 Å². The minimum absolute atomic E-state index is 0.105. The topological polar surface area (TPSA) is 55.4 Å². The highest BCUT2D eigenvalue weighted by Crippen LogP contribution is 2.35. The summed E-state index contributed by atoms with van der Waals surface area (Å²) in [4.78, 5) is 23.6. The number of nitrogens with one attached hydrogen (secondary N) is 1. The maximum atomic E-state index is 14.0. The van der Waals surface area contributed by atoms with Gasteiger partial charge in [0.05, 0.1) is 23.6 Å². The highest BCUT2D eigenvalue weighted by molar-refractivity contribution is 8.00. The van der Waals surface area contributed by atoms with E-state index in [0.29, 0.717) is 6.42 Å². The lowest BCUT2D eigenvalue weighted by molar-refractivity contribution is -0.137. The summed E-state index contributed by atoms with van der Waals surface area (Å²) in [6.07, 6.45) is -3.93. The Labute approximate surface area is 169 Å². The van der Waals surface area contributed by atoms with E-state index in [4.69, 9.17) is 4.74 Å². The zero-order valence-corrected chi connectivity index (χ0v) is 16.5. The van der Waals surface area contributed by atoms with E-state index in [1.54, 1.807) is 0 Å². The van der Waals surface area contributed by atoms with Crippen molar-refractivity contribution in [2.45, 2.75) is 31.3 Å². The summed E-state index contributed by atoms with van der Waals surface area (Å²) in [7, 11) is 0. The van der Waals surface area contributed by atoms with Gasteiger partial charge in [0.2, 0.25) is 5.91 Å².